The van der Waals surface area contributed by atoms with E-state index >= 15 is 0 Å². The lowest BCUT2D eigenvalue weighted by Crippen LogP contribution is -2.28. The molecule has 1 N–H and O–H groups in total. The van der Waals surface area contributed by atoms with E-state index in [2.05, 4.69) is 41.2 Å². The van der Waals surface area contributed by atoms with Crippen LogP contribution in [0.4, 0.5) is 0 Å². The Morgan fingerprint density at radius 3 is 2.33 bits per heavy atom. The number of aryl methyl sites for hydroxylation is 2. The summed E-state index contributed by atoms with van der Waals surface area (Å²) in [6, 6.07) is 23.4. The van der Waals surface area contributed by atoms with Gasteiger partial charge in [0.1, 0.15) is 11.5 Å². The number of fused-ring (bicyclic) bond motifs is 1. The van der Waals surface area contributed by atoms with Crippen molar-refractivity contribution in [2.24, 2.45) is 0 Å². The van der Waals surface area contributed by atoms with Crippen molar-refractivity contribution in [2.75, 3.05) is 7.05 Å². The van der Waals surface area contributed by atoms with Gasteiger partial charge < -0.3 is 9.88 Å². The third kappa shape index (κ3) is 4.81. The molecule has 5 aromatic rings. The third-order valence-corrected chi connectivity index (χ3v) is 6.18. The number of H-pyrrole nitrogens is 1. The molecule has 3 aromatic carbocycles. The van der Waals surface area contributed by atoms with E-state index in [0.29, 0.717) is 34.5 Å². The maximum absolute atomic E-state index is 13.6. The molecule has 0 radical (unpaired) electrons. The van der Waals surface area contributed by atoms with Gasteiger partial charge in [0.25, 0.3) is 11.5 Å². The van der Waals surface area contributed by atoms with Gasteiger partial charge in [-0.05, 0) is 31.5 Å². The number of aromatic nitrogens is 4. The van der Waals surface area contributed by atoms with Crippen LogP contribution in [0.5, 0.6) is 0 Å². The average molecular weight is 478 g/mol. The van der Waals surface area contributed by atoms with Gasteiger partial charge in [-0.15, -0.1) is 0 Å². The molecule has 0 aliphatic heterocycles. The fourth-order valence-corrected chi connectivity index (χ4v) is 4.18. The normalized spacial score (nSPS) is 11.1. The molecule has 0 atom stereocenters. The van der Waals surface area contributed by atoms with Gasteiger partial charge in [0, 0.05) is 18.8 Å². The average Bonchev–Trinajstić information content (AvgIpc) is 3.29. The molecule has 7 nitrogen and oxygen atoms in total. The van der Waals surface area contributed by atoms with Gasteiger partial charge in [0.05, 0.1) is 29.6 Å². The highest BCUT2D eigenvalue weighted by molar-refractivity contribution is 5.99. The summed E-state index contributed by atoms with van der Waals surface area (Å²) in [5.41, 5.74) is 5.80. The molecule has 0 spiro atoms. The van der Waals surface area contributed by atoms with E-state index in [1.54, 1.807) is 41.0 Å². The largest absolute Gasteiger partial charge is 0.334 e. The molecule has 0 unspecified atom stereocenters. The maximum atomic E-state index is 13.6. The highest BCUT2D eigenvalue weighted by Gasteiger charge is 2.22. The Morgan fingerprint density at radius 1 is 0.944 bits per heavy atom. The number of hydrogen-bond donors (Lipinski definition) is 1. The minimum atomic E-state index is -0.220. The smallest absolute Gasteiger partial charge is 0.258 e. The summed E-state index contributed by atoms with van der Waals surface area (Å²) in [6.07, 6.45) is 1.80. The Hall–Kier alpha value is -4.52. The Kier molecular flexibility index (Phi) is 6.21. The zero-order valence-electron chi connectivity index (χ0n) is 20.5. The van der Waals surface area contributed by atoms with Crippen molar-refractivity contribution in [3.05, 3.63) is 117 Å². The van der Waals surface area contributed by atoms with Crippen LogP contribution in [0.1, 0.15) is 32.9 Å². The van der Waals surface area contributed by atoms with Crippen LogP contribution in [-0.4, -0.2) is 37.6 Å². The summed E-state index contributed by atoms with van der Waals surface area (Å²) in [5, 5.41) is 5.31. The van der Waals surface area contributed by atoms with Gasteiger partial charge in [-0.3, -0.25) is 14.3 Å². The molecule has 2 aromatic heterocycles. The summed E-state index contributed by atoms with van der Waals surface area (Å²) in [6.45, 7) is 4.79. The molecule has 180 valence electrons. The van der Waals surface area contributed by atoms with Crippen LogP contribution in [0.25, 0.3) is 22.2 Å². The van der Waals surface area contributed by atoms with Crippen molar-refractivity contribution in [3.8, 4) is 11.3 Å². The first-order chi connectivity index (χ1) is 17.4. The number of benzene rings is 3. The van der Waals surface area contributed by atoms with Crippen LogP contribution in [-0.2, 0) is 13.1 Å². The summed E-state index contributed by atoms with van der Waals surface area (Å²) < 4.78 is 1.80. The second-order valence-corrected chi connectivity index (χ2v) is 9.13. The summed E-state index contributed by atoms with van der Waals surface area (Å²) in [7, 11) is 1.70. The molecule has 1 amide bonds. The molecule has 0 bridgehead atoms. The van der Waals surface area contributed by atoms with Crippen molar-refractivity contribution in [3.63, 3.8) is 0 Å². The van der Waals surface area contributed by atoms with Crippen LogP contribution in [0.3, 0.4) is 0 Å². The van der Waals surface area contributed by atoms with Gasteiger partial charge in [-0.2, -0.15) is 5.10 Å². The first kappa shape index (κ1) is 23.2. The Balaban J connectivity index is 1.47. The van der Waals surface area contributed by atoms with Gasteiger partial charge >= 0.3 is 0 Å². The van der Waals surface area contributed by atoms with E-state index in [4.69, 9.17) is 5.10 Å². The SMILES string of the molecule is Cc1ccc(Cn2cc(C(=O)N(C)Cc3nc4ccccc4c(=O)[nH]3)c(-c3ccc(C)cc3)n2)cc1. The molecule has 0 saturated heterocycles. The molecule has 5 rings (SSSR count). The Labute approximate surface area is 209 Å². The third-order valence-electron chi connectivity index (χ3n) is 6.18. The topological polar surface area (TPSA) is 83.9 Å². The molecule has 0 aliphatic rings. The number of carbonyl (C=O) groups excluding carboxylic acids is 1. The number of carbonyl (C=O) groups is 1. The van der Waals surface area contributed by atoms with E-state index in [9.17, 15) is 9.59 Å². The molecule has 7 heteroatoms. The fourth-order valence-electron chi connectivity index (χ4n) is 4.18. The summed E-state index contributed by atoms with van der Waals surface area (Å²) >= 11 is 0. The number of amides is 1. The minimum Gasteiger partial charge on any atom is -0.334 e. The van der Waals surface area contributed by atoms with E-state index in [0.717, 1.165) is 16.7 Å². The second kappa shape index (κ2) is 9.62. The lowest BCUT2D eigenvalue weighted by atomic mass is 10.1. The van der Waals surface area contributed by atoms with Gasteiger partial charge in [-0.25, -0.2) is 4.98 Å². The Morgan fingerprint density at radius 2 is 1.61 bits per heavy atom. The van der Waals surface area contributed by atoms with E-state index in [-0.39, 0.29) is 18.0 Å². The van der Waals surface area contributed by atoms with Crippen LogP contribution in [0.15, 0.2) is 83.8 Å². The summed E-state index contributed by atoms with van der Waals surface area (Å²) in [5.74, 6) is 0.232. The lowest BCUT2D eigenvalue weighted by molar-refractivity contribution is 0.0782. The van der Waals surface area contributed by atoms with Gasteiger partial charge in [0.15, 0.2) is 0 Å². The van der Waals surface area contributed by atoms with Crippen LogP contribution < -0.4 is 5.56 Å². The molecule has 0 saturated carbocycles. The zero-order valence-corrected chi connectivity index (χ0v) is 20.5. The van der Waals surface area contributed by atoms with Crippen molar-refractivity contribution >= 4 is 16.8 Å². The fraction of sp³-hybridized carbons (Fsp3) is 0.172. The quantitative estimate of drug-likeness (QED) is 0.383. The number of rotatable bonds is 6. The second-order valence-electron chi connectivity index (χ2n) is 9.13. The standard InChI is InChI=1S/C29H27N5O2/c1-19-8-12-21(13-9-19)16-34-17-24(27(32-34)22-14-10-20(2)11-15-22)29(36)33(3)18-26-30-25-7-5-4-6-23(25)28(35)31-26/h4-15,17H,16,18H2,1-3H3,(H,30,31,35). The molecular formula is C29H27N5O2. The predicted octanol–water partition coefficient (Wildman–Crippen LogP) is 4.72. The number of nitrogens with one attached hydrogen (secondary N) is 1. The highest BCUT2D eigenvalue weighted by atomic mass is 16.2. The number of hydrogen-bond acceptors (Lipinski definition) is 4. The summed E-state index contributed by atoms with van der Waals surface area (Å²) in [4.78, 5) is 35.0. The number of nitrogens with zero attached hydrogens (tertiary/aromatic N) is 4. The van der Waals surface area contributed by atoms with Gasteiger partial charge in [-0.1, -0.05) is 71.8 Å². The van der Waals surface area contributed by atoms with Crippen LogP contribution in [0.2, 0.25) is 0 Å². The molecular weight excluding hydrogens is 450 g/mol. The van der Waals surface area contributed by atoms with Crippen LogP contribution >= 0.6 is 0 Å². The van der Waals surface area contributed by atoms with E-state index in [1.807, 2.05) is 37.3 Å². The van der Waals surface area contributed by atoms with Crippen LogP contribution in [0, 0.1) is 13.8 Å². The van der Waals surface area contributed by atoms with Crippen molar-refractivity contribution < 1.29 is 4.79 Å². The maximum Gasteiger partial charge on any atom is 0.258 e. The molecule has 0 aliphatic carbocycles. The lowest BCUT2D eigenvalue weighted by Gasteiger charge is -2.16. The Bertz CT molecular complexity index is 1600. The first-order valence-corrected chi connectivity index (χ1v) is 11.8. The minimum absolute atomic E-state index is 0.162. The van der Waals surface area contributed by atoms with E-state index in [1.165, 1.54) is 5.56 Å². The monoisotopic (exact) mass is 477 g/mol. The number of para-hydroxylation sites is 1. The highest BCUT2D eigenvalue weighted by Crippen LogP contribution is 2.25. The first-order valence-electron chi connectivity index (χ1n) is 11.8. The van der Waals surface area contributed by atoms with Crippen molar-refractivity contribution in [1.82, 2.24) is 24.6 Å². The molecule has 36 heavy (non-hydrogen) atoms. The zero-order chi connectivity index (χ0) is 25.2. The predicted molar refractivity (Wildman–Crippen MR) is 141 cm³/mol. The van der Waals surface area contributed by atoms with Crippen molar-refractivity contribution in [1.29, 1.82) is 0 Å². The van der Waals surface area contributed by atoms with Crippen molar-refractivity contribution in [2.45, 2.75) is 26.9 Å². The van der Waals surface area contributed by atoms with Gasteiger partial charge in [0.2, 0.25) is 0 Å². The van der Waals surface area contributed by atoms with E-state index < -0.39 is 0 Å². The molecule has 0 fully saturated rings. The molecule has 2 heterocycles. The number of aromatic amines is 1.